The van der Waals surface area contributed by atoms with Gasteiger partial charge in [-0.1, -0.05) is 30.3 Å². The number of carbonyl (C=O) groups is 2. The molecule has 6 heteroatoms. The van der Waals surface area contributed by atoms with E-state index in [2.05, 4.69) is 23.1 Å². The van der Waals surface area contributed by atoms with E-state index in [9.17, 15) is 9.59 Å². The van der Waals surface area contributed by atoms with E-state index in [1.165, 1.54) is 14.6 Å². The van der Waals surface area contributed by atoms with E-state index in [0.29, 0.717) is 5.92 Å². The van der Waals surface area contributed by atoms with E-state index in [4.69, 9.17) is 4.98 Å². The average Bonchev–Trinajstić information content (AvgIpc) is 3.30. The molecule has 1 atom stereocenters. The number of aromatic nitrogens is 1. The fourth-order valence-corrected chi connectivity index (χ4v) is 5.63. The maximum absolute atomic E-state index is 13.1. The van der Waals surface area contributed by atoms with Gasteiger partial charge in [-0.25, -0.2) is 9.88 Å². The quantitative estimate of drug-likeness (QED) is 0.615. The van der Waals surface area contributed by atoms with Crippen molar-refractivity contribution in [1.82, 2.24) is 9.88 Å². The monoisotopic (exact) mass is 405 g/mol. The highest BCUT2D eigenvalue weighted by molar-refractivity contribution is 7.18. The molecule has 0 radical (unpaired) electrons. The van der Waals surface area contributed by atoms with Gasteiger partial charge in [-0.15, -0.1) is 11.3 Å². The third-order valence-electron chi connectivity index (χ3n) is 6.11. The van der Waals surface area contributed by atoms with Crippen LogP contribution < -0.4 is 4.90 Å². The Kier molecular flexibility index (Phi) is 4.68. The number of thiazole rings is 1. The maximum atomic E-state index is 13.1. The smallest absolute Gasteiger partial charge is 0.251 e. The highest BCUT2D eigenvalue weighted by Crippen LogP contribution is 2.36. The predicted octanol–water partition coefficient (Wildman–Crippen LogP) is 4.12. The van der Waals surface area contributed by atoms with Crippen molar-refractivity contribution in [3.63, 3.8) is 0 Å². The summed E-state index contributed by atoms with van der Waals surface area (Å²) in [6.45, 7) is 3.59. The second-order valence-electron chi connectivity index (χ2n) is 7.90. The van der Waals surface area contributed by atoms with Crippen molar-refractivity contribution in [3.05, 3.63) is 59.1 Å². The average molecular weight is 406 g/mol. The van der Waals surface area contributed by atoms with Crippen LogP contribution in [0.4, 0.5) is 5.69 Å². The van der Waals surface area contributed by atoms with Crippen molar-refractivity contribution in [2.24, 2.45) is 0 Å². The molecule has 0 aliphatic carbocycles. The molecule has 5 rings (SSSR count). The highest BCUT2D eigenvalue weighted by atomic mass is 32.1. The summed E-state index contributed by atoms with van der Waals surface area (Å²) in [4.78, 5) is 34.1. The van der Waals surface area contributed by atoms with Crippen molar-refractivity contribution < 1.29 is 9.59 Å². The fraction of sp³-hybridized carbons (Fsp3) is 0.348. The number of rotatable bonds is 3. The molecule has 2 aromatic carbocycles. The first-order valence-corrected chi connectivity index (χ1v) is 11.0. The Morgan fingerprint density at radius 1 is 1.00 bits per heavy atom. The first-order chi connectivity index (χ1) is 14.1. The van der Waals surface area contributed by atoms with Crippen molar-refractivity contribution in [2.75, 3.05) is 18.0 Å². The van der Waals surface area contributed by atoms with E-state index < -0.39 is 0 Å². The van der Waals surface area contributed by atoms with E-state index in [0.717, 1.165) is 42.7 Å². The van der Waals surface area contributed by atoms with Crippen molar-refractivity contribution >= 4 is 39.1 Å². The molecule has 3 aromatic rings. The van der Waals surface area contributed by atoms with Gasteiger partial charge in [0.05, 0.1) is 33.4 Å². The molecule has 1 unspecified atom stereocenters. The third-order valence-corrected chi connectivity index (χ3v) is 7.31. The van der Waals surface area contributed by atoms with Crippen molar-refractivity contribution in [2.45, 2.75) is 38.1 Å². The molecule has 3 heterocycles. The second-order valence-corrected chi connectivity index (χ2v) is 8.97. The van der Waals surface area contributed by atoms with Crippen LogP contribution in [0.25, 0.3) is 10.2 Å². The zero-order chi connectivity index (χ0) is 20.0. The number of amides is 2. The lowest BCUT2D eigenvalue weighted by Crippen LogP contribution is -2.45. The lowest BCUT2D eigenvalue weighted by atomic mass is 9.96. The Morgan fingerprint density at radius 2 is 1.72 bits per heavy atom. The van der Waals surface area contributed by atoms with Crippen LogP contribution in [0.5, 0.6) is 0 Å². The van der Waals surface area contributed by atoms with Gasteiger partial charge in [-0.05, 0) is 56.6 Å². The number of anilines is 1. The van der Waals surface area contributed by atoms with Gasteiger partial charge in [0.2, 0.25) is 5.91 Å². The molecule has 148 valence electrons. The van der Waals surface area contributed by atoms with Crippen molar-refractivity contribution in [3.8, 4) is 0 Å². The molecular formula is C23H23N3O2S. The topological polar surface area (TPSA) is 53.5 Å². The number of nitrogens with zero attached hydrogens (tertiary/aromatic N) is 3. The van der Waals surface area contributed by atoms with Gasteiger partial charge in [0.25, 0.3) is 5.91 Å². The number of hydrogen-bond donors (Lipinski definition) is 0. The van der Waals surface area contributed by atoms with Crippen LogP contribution >= 0.6 is 11.3 Å². The number of likely N-dealkylation sites (tertiary alicyclic amines) is 1. The Bertz CT molecular complexity index is 1050. The molecule has 1 aromatic heterocycles. The fourth-order valence-electron chi connectivity index (χ4n) is 4.49. The van der Waals surface area contributed by atoms with Gasteiger partial charge < -0.3 is 0 Å². The molecule has 2 aliphatic rings. The number of carbonyl (C=O) groups excluding carboxylic acids is 2. The van der Waals surface area contributed by atoms with Crippen molar-refractivity contribution in [1.29, 1.82) is 0 Å². The molecule has 2 saturated heterocycles. The summed E-state index contributed by atoms with van der Waals surface area (Å²) in [7, 11) is 0. The summed E-state index contributed by atoms with van der Waals surface area (Å²) in [5.74, 6) is 0.258. The van der Waals surface area contributed by atoms with Gasteiger partial charge >= 0.3 is 0 Å². The molecule has 2 amide bonds. The summed E-state index contributed by atoms with van der Waals surface area (Å²) in [5, 5.41) is 1.20. The Labute approximate surface area is 174 Å². The standard InChI is InChI=1S/C23H23N3O2S/c1-15-6-2-4-8-18(15)26-21(27)14-19(23(26)28)25-12-10-16(11-13-25)22-24-17-7-3-5-9-20(17)29-22/h2-9,16,19H,10-14H2,1H3. The number of para-hydroxylation sites is 2. The minimum absolute atomic E-state index is 0.0808. The van der Waals surface area contributed by atoms with Gasteiger partial charge in [-0.3, -0.25) is 14.5 Å². The maximum Gasteiger partial charge on any atom is 0.251 e. The molecule has 0 N–H and O–H groups in total. The minimum atomic E-state index is -0.335. The normalized spacial score (nSPS) is 21.4. The van der Waals surface area contributed by atoms with Crippen LogP contribution in [0.3, 0.4) is 0 Å². The van der Waals surface area contributed by atoms with E-state index >= 15 is 0 Å². The van der Waals surface area contributed by atoms with Crippen LogP contribution in [0.1, 0.15) is 35.8 Å². The molecule has 0 bridgehead atoms. The van der Waals surface area contributed by atoms with E-state index in [1.54, 1.807) is 11.3 Å². The number of aryl methyl sites for hydroxylation is 1. The summed E-state index contributed by atoms with van der Waals surface area (Å²) >= 11 is 1.78. The van der Waals surface area contributed by atoms with Gasteiger partial charge in [-0.2, -0.15) is 0 Å². The lowest BCUT2D eigenvalue weighted by molar-refractivity contribution is -0.123. The van der Waals surface area contributed by atoms with Crippen LogP contribution in [0.15, 0.2) is 48.5 Å². The molecular weight excluding hydrogens is 382 g/mol. The molecule has 2 fully saturated rings. The molecule has 0 saturated carbocycles. The first kappa shape index (κ1) is 18.5. The molecule has 5 nitrogen and oxygen atoms in total. The van der Waals surface area contributed by atoms with Crippen LogP contribution in [-0.4, -0.2) is 40.8 Å². The number of piperidine rings is 1. The molecule has 29 heavy (non-hydrogen) atoms. The zero-order valence-electron chi connectivity index (χ0n) is 16.4. The third kappa shape index (κ3) is 3.26. The summed E-state index contributed by atoms with van der Waals surface area (Å²) < 4.78 is 1.23. The SMILES string of the molecule is Cc1ccccc1N1C(=O)CC(N2CCC(c3nc4ccccc4s3)CC2)C1=O. The Morgan fingerprint density at radius 3 is 2.48 bits per heavy atom. The Hall–Kier alpha value is -2.57. The zero-order valence-corrected chi connectivity index (χ0v) is 17.2. The number of fused-ring (bicyclic) bond motifs is 1. The van der Waals surface area contributed by atoms with Crippen LogP contribution in [0, 0.1) is 6.92 Å². The van der Waals surface area contributed by atoms with Gasteiger partial charge in [0, 0.05) is 5.92 Å². The predicted molar refractivity (Wildman–Crippen MR) is 115 cm³/mol. The van der Waals surface area contributed by atoms with Gasteiger partial charge in [0.1, 0.15) is 0 Å². The number of imide groups is 1. The second kappa shape index (κ2) is 7.35. The summed E-state index contributed by atoms with van der Waals surface area (Å²) in [6, 6.07) is 15.5. The number of benzene rings is 2. The van der Waals surface area contributed by atoms with Crippen LogP contribution in [-0.2, 0) is 9.59 Å². The lowest BCUT2D eigenvalue weighted by Gasteiger charge is -2.34. The molecule has 2 aliphatic heterocycles. The first-order valence-electron chi connectivity index (χ1n) is 10.1. The van der Waals surface area contributed by atoms with E-state index in [1.807, 2.05) is 37.3 Å². The highest BCUT2D eigenvalue weighted by Gasteiger charge is 2.44. The minimum Gasteiger partial charge on any atom is -0.291 e. The summed E-state index contributed by atoms with van der Waals surface area (Å²) in [5.41, 5.74) is 2.74. The molecule has 0 spiro atoms. The largest absolute Gasteiger partial charge is 0.291 e. The van der Waals surface area contributed by atoms with Gasteiger partial charge in [0.15, 0.2) is 0 Å². The van der Waals surface area contributed by atoms with Crippen LogP contribution in [0.2, 0.25) is 0 Å². The van der Waals surface area contributed by atoms with E-state index in [-0.39, 0.29) is 24.3 Å². The number of hydrogen-bond acceptors (Lipinski definition) is 5. The Balaban J connectivity index is 1.29. The summed E-state index contributed by atoms with van der Waals surface area (Å²) in [6.07, 6.45) is 2.23.